The Morgan fingerprint density at radius 1 is 1.42 bits per heavy atom. The van der Waals surface area contributed by atoms with Gasteiger partial charge in [0.1, 0.15) is 0 Å². The van der Waals surface area contributed by atoms with Gasteiger partial charge in [0.2, 0.25) is 0 Å². The normalized spacial score (nSPS) is 14.2. The fourth-order valence-electron chi connectivity index (χ4n) is 1.15. The van der Waals surface area contributed by atoms with E-state index in [4.69, 9.17) is 0 Å². The van der Waals surface area contributed by atoms with Crippen LogP contribution in [-0.4, -0.2) is 0 Å². The van der Waals surface area contributed by atoms with Crippen LogP contribution in [0.3, 0.4) is 0 Å². The Bertz CT molecular complexity index is 173. The molecule has 0 amide bonds. The molecule has 67 valence electrons. The number of hydrogen-bond acceptors (Lipinski definition) is 0. The molecule has 0 bridgehead atoms. The summed E-state index contributed by atoms with van der Waals surface area (Å²) in [7, 11) is 0. The van der Waals surface area contributed by atoms with E-state index in [-0.39, 0.29) is 9.41 Å². The van der Waals surface area contributed by atoms with Crippen LogP contribution in [0.5, 0.6) is 0 Å². The molecule has 0 heterocycles. The molecule has 0 nitrogen and oxygen atoms in total. The second kappa shape index (κ2) is 7.84. The zero-order chi connectivity index (χ0) is 7.40. The van der Waals surface area contributed by atoms with Crippen molar-refractivity contribution in [3.8, 4) is 0 Å². The van der Waals surface area contributed by atoms with Crippen molar-refractivity contribution in [1.82, 2.24) is 0 Å². The fourth-order valence-corrected chi connectivity index (χ4v) is 2.32. The predicted octanol–water partition coefficient (Wildman–Crippen LogP) is -3.05. The largest absolute Gasteiger partial charge is 1.00 e. The van der Waals surface area contributed by atoms with Gasteiger partial charge < -0.3 is 9.41 Å². The monoisotopic (exact) mass is 339 g/mol. The Balaban J connectivity index is 0. The maximum Gasteiger partial charge on any atom is -1.00 e. The standard InChI is InChI=1S/C9H13.2FH.Hf/c1-2-3-6-9-7-4-5-8-9;;;/h4,7H,2-3,5-6H2,1H3;2*1H;/q;;;+2/p-2. The Labute approximate surface area is 87.4 Å². The summed E-state index contributed by atoms with van der Waals surface area (Å²) in [6.07, 6.45) is 9.89. The van der Waals surface area contributed by atoms with Crippen molar-refractivity contribution in [2.45, 2.75) is 32.6 Å². The third-order valence-electron chi connectivity index (χ3n) is 1.83. The van der Waals surface area contributed by atoms with Gasteiger partial charge in [-0.2, -0.15) is 0 Å². The molecule has 0 aromatic rings. The summed E-state index contributed by atoms with van der Waals surface area (Å²) in [6, 6.07) is 0. The quantitative estimate of drug-likeness (QED) is 0.480. The first-order chi connectivity index (χ1) is 4.84. The molecule has 0 saturated carbocycles. The Kier molecular flexibility index (Phi) is 9.61. The fraction of sp³-hybridized carbons (Fsp3) is 0.556. The summed E-state index contributed by atoms with van der Waals surface area (Å²) in [5, 5.41) is 0. The molecule has 0 fully saturated rings. The van der Waals surface area contributed by atoms with Gasteiger partial charge in [-0.3, -0.25) is 0 Å². The number of unbranched alkanes of at least 4 members (excludes halogenated alkanes) is 1. The first-order valence-electron chi connectivity index (χ1n) is 3.94. The van der Waals surface area contributed by atoms with E-state index >= 15 is 0 Å². The van der Waals surface area contributed by atoms with Crippen LogP contribution in [0.25, 0.3) is 0 Å². The van der Waals surface area contributed by atoms with Crippen LogP contribution in [0.4, 0.5) is 0 Å². The molecule has 0 saturated heterocycles. The van der Waals surface area contributed by atoms with Crippen molar-refractivity contribution in [1.29, 1.82) is 0 Å². The van der Waals surface area contributed by atoms with Gasteiger partial charge in [0, 0.05) is 0 Å². The third-order valence-corrected chi connectivity index (χ3v) is 3.72. The molecule has 0 spiro atoms. The molecule has 12 heavy (non-hydrogen) atoms. The minimum atomic E-state index is 0. The van der Waals surface area contributed by atoms with E-state index < -0.39 is 0 Å². The number of rotatable bonds is 3. The van der Waals surface area contributed by atoms with Gasteiger partial charge in [0.15, 0.2) is 0 Å². The van der Waals surface area contributed by atoms with Crippen LogP contribution in [0.2, 0.25) is 0 Å². The van der Waals surface area contributed by atoms with E-state index in [1.165, 1.54) is 50.1 Å². The predicted molar refractivity (Wildman–Crippen MR) is 40.3 cm³/mol. The van der Waals surface area contributed by atoms with Gasteiger partial charge in [0.05, 0.1) is 0 Å². The summed E-state index contributed by atoms with van der Waals surface area (Å²) < 4.78 is 1.72. The van der Waals surface area contributed by atoms with E-state index in [0.29, 0.717) is 0 Å². The second-order valence-electron chi connectivity index (χ2n) is 2.71. The van der Waals surface area contributed by atoms with Crippen LogP contribution in [0.1, 0.15) is 32.6 Å². The SMILES string of the molecule is CCCCC1=[C]([Hf+2])CC=C1.[F-].[F-]. The van der Waals surface area contributed by atoms with E-state index in [2.05, 4.69) is 19.1 Å². The van der Waals surface area contributed by atoms with E-state index in [1.54, 1.807) is 8.90 Å². The van der Waals surface area contributed by atoms with Crippen molar-refractivity contribution in [2.75, 3.05) is 0 Å². The van der Waals surface area contributed by atoms with Crippen LogP contribution >= 0.6 is 0 Å². The van der Waals surface area contributed by atoms with Gasteiger partial charge in [0.25, 0.3) is 0 Å². The average molecular weight is 338 g/mol. The molecule has 1 aliphatic carbocycles. The van der Waals surface area contributed by atoms with Crippen LogP contribution in [0, 0.1) is 0 Å². The minimum absolute atomic E-state index is 0. The molecule has 0 N–H and O–H groups in total. The van der Waals surface area contributed by atoms with Gasteiger partial charge >= 0.3 is 78.0 Å². The zero-order valence-corrected chi connectivity index (χ0v) is 10.8. The minimum Gasteiger partial charge on any atom is -1.00 e. The molecule has 0 aliphatic heterocycles. The Morgan fingerprint density at radius 2 is 2.08 bits per heavy atom. The van der Waals surface area contributed by atoms with Gasteiger partial charge in [-0.1, -0.05) is 0 Å². The van der Waals surface area contributed by atoms with E-state index in [0.717, 1.165) is 0 Å². The van der Waals surface area contributed by atoms with Crippen molar-refractivity contribution >= 4 is 0 Å². The summed E-state index contributed by atoms with van der Waals surface area (Å²) in [5.41, 5.74) is 1.65. The summed E-state index contributed by atoms with van der Waals surface area (Å²) in [4.78, 5) is 0. The number of hydrogen-bond donors (Lipinski definition) is 0. The molecule has 0 aromatic carbocycles. The van der Waals surface area contributed by atoms with Crippen LogP contribution in [0.15, 0.2) is 21.1 Å². The summed E-state index contributed by atoms with van der Waals surface area (Å²) >= 11 is 1.27. The Hall–Kier alpha value is 0.210. The number of halogens is 2. The van der Waals surface area contributed by atoms with Gasteiger partial charge in [-0.15, -0.1) is 0 Å². The first kappa shape index (κ1) is 14.7. The van der Waals surface area contributed by atoms with Gasteiger partial charge in [-0.05, 0) is 0 Å². The average Bonchev–Trinajstić information content (AvgIpc) is 2.31. The van der Waals surface area contributed by atoms with Crippen molar-refractivity contribution in [3.05, 3.63) is 21.1 Å². The molecule has 1 aliphatic rings. The Morgan fingerprint density at radius 3 is 2.50 bits per heavy atom. The molecule has 0 unspecified atom stereocenters. The van der Waals surface area contributed by atoms with Crippen LogP contribution < -0.4 is 9.41 Å². The van der Waals surface area contributed by atoms with E-state index in [1.807, 2.05) is 0 Å². The summed E-state index contributed by atoms with van der Waals surface area (Å²) in [6.45, 7) is 2.26. The molecule has 0 atom stereocenters. The maximum atomic E-state index is 2.32. The number of allylic oxidation sites excluding steroid dienone is 4. The maximum absolute atomic E-state index is 2.32. The summed E-state index contributed by atoms with van der Waals surface area (Å²) in [5.74, 6) is 0. The topological polar surface area (TPSA) is 0 Å². The second-order valence-corrected chi connectivity index (χ2v) is 4.88. The molecular weight excluding hydrogens is 325 g/mol. The van der Waals surface area contributed by atoms with Crippen molar-refractivity contribution < 1.29 is 33.8 Å². The molecule has 1 rings (SSSR count). The third kappa shape index (κ3) is 4.29. The van der Waals surface area contributed by atoms with Crippen molar-refractivity contribution in [2.24, 2.45) is 0 Å². The smallest absolute Gasteiger partial charge is 1.00 e. The molecular formula is C9H13F2Hf. The molecule has 0 radical (unpaired) electrons. The molecule has 3 heteroatoms. The van der Waals surface area contributed by atoms with Crippen LogP contribution in [-0.2, 0) is 24.4 Å². The van der Waals surface area contributed by atoms with Gasteiger partial charge in [-0.25, -0.2) is 0 Å². The van der Waals surface area contributed by atoms with Crippen molar-refractivity contribution in [3.63, 3.8) is 0 Å². The molecule has 0 aromatic heterocycles. The first-order valence-corrected chi connectivity index (χ1v) is 5.74. The van der Waals surface area contributed by atoms with E-state index in [9.17, 15) is 0 Å². The zero-order valence-electron chi connectivity index (χ0n) is 7.24.